The fourth-order valence-electron chi connectivity index (χ4n) is 2.56. The topological polar surface area (TPSA) is 196 Å². The highest BCUT2D eigenvalue weighted by atomic mass is 16.7. The summed E-state index contributed by atoms with van der Waals surface area (Å²) in [7, 11) is 0. The van der Waals surface area contributed by atoms with Crippen molar-refractivity contribution in [1.29, 1.82) is 0 Å². The summed E-state index contributed by atoms with van der Waals surface area (Å²) in [5.74, 6) is 0.189. The van der Waals surface area contributed by atoms with Crippen molar-refractivity contribution in [2.45, 2.75) is 24.5 Å². The van der Waals surface area contributed by atoms with Crippen molar-refractivity contribution in [2.24, 2.45) is 5.73 Å². The SMILES string of the molecule is NCCNC(=O)NOC[C@H]1O[C@@H](n2cnc3c(N)ncnc32)[C@H](O)[C@@H]1O. The van der Waals surface area contributed by atoms with Crippen molar-refractivity contribution in [3.63, 3.8) is 0 Å². The normalized spacial score (nSPS) is 25.5. The van der Waals surface area contributed by atoms with E-state index >= 15 is 0 Å². The summed E-state index contributed by atoms with van der Waals surface area (Å²) in [5, 5.41) is 22.9. The fraction of sp³-hybridized carbons (Fsp3) is 0.538. The minimum atomic E-state index is -1.26. The first-order valence-electron chi connectivity index (χ1n) is 7.83. The Kier molecular flexibility index (Phi) is 5.43. The van der Waals surface area contributed by atoms with Crippen LogP contribution in [0, 0.1) is 0 Å². The molecule has 1 aliphatic rings. The molecule has 0 saturated carbocycles. The number of urea groups is 1. The Morgan fingerprint density at radius 3 is 2.92 bits per heavy atom. The van der Waals surface area contributed by atoms with Gasteiger partial charge in [-0.3, -0.25) is 9.40 Å². The zero-order valence-corrected chi connectivity index (χ0v) is 13.6. The lowest BCUT2D eigenvalue weighted by Crippen LogP contribution is -2.41. The number of nitrogens with zero attached hydrogens (tertiary/aromatic N) is 4. The van der Waals surface area contributed by atoms with Crippen LogP contribution < -0.4 is 22.3 Å². The number of fused-ring (bicyclic) bond motifs is 1. The Labute approximate surface area is 147 Å². The molecule has 4 atom stereocenters. The van der Waals surface area contributed by atoms with Gasteiger partial charge in [-0.2, -0.15) is 0 Å². The summed E-state index contributed by atoms with van der Waals surface area (Å²) < 4.78 is 7.09. The molecule has 0 radical (unpaired) electrons. The van der Waals surface area contributed by atoms with Crippen LogP contribution in [-0.4, -0.2) is 73.8 Å². The number of imidazole rings is 1. The number of carbonyl (C=O) groups is 1. The van der Waals surface area contributed by atoms with Crippen LogP contribution in [0.5, 0.6) is 0 Å². The van der Waals surface area contributed by atoms with Crippen molar-refractivity contribution in [3.8, 4) is 0 Å². The number of nitrogens with two attached hydrogens (primary N) is 2. The maximum absolute atomic E-state index is 11.4. The van der Waals surface area contributed by atoms with Crippen LogP contribution in [0.2, 0.25) is 0 Å². The number of amides is 2. The number of aromatic nitrogens is 4. The molecule has 26 heavy (non-hydrogen) atoms. The Morgan fingerprint density at radius 2 is 2.15 bits per heavy atom. The van der Waals surface area contributed by atoms with Gasteiger partial charge < -0.3 is 31.7 Å². The Bertz CT molecular complexity index is 770. The third kappa shape index (κ3) is 3.51. The zero-order valence-electron chi connectivity index (χ0n) is 13.6. The van der Waals surface area contributed by atoms with Gasteiger partial charge in [0.05, 0.1) is 6.33 Å². The summed E-state index contributed by atoms with van der Waals surface area (Å²) in [5.41, 5.74) is 13.8. The fourth-order valence-corrected chi connectivity index (χ4v) is 2.56. The summed E-state index contributed by atoms with van der Waals surface area (Å²) >= 11 is 0. The van der Waals surface area contributed by atoms with E-state index in [1.807, 2.05) is 0 Å². The Morgan fingerprint density at radius 1 is 1.35 bits per heavy atom. The minimum absolute atomic E-state index is 0.186. The number of nitrogen functional groups attached to an aromatic ring is 1. The van der Waals surface area contributed by atoms with Crippen LogP contribution in [0.15, 0.2) is 12.7 Å². The van der Waals surface area contributed by atoms with Gasteiger partial charge in [-0.25, -0.2) is 25.2 Å². The summed E-state index contributed by atoms with van der Waals surface area (Å²) in [4.78, 5) is 28.4. The van der Waals surface area contributed by atoms with Crippen LogP contribution in [0.4, 0.5) is 10.6 Å². The quantitative estimate of drug-likeness (QED) is 0.290. The van der Waals surface area contributed by atoms with Gasteiger partial charge >= 0.3 is 6.03 Å². The number of hydrogen-bond donors (Lipinski definition) is 6. The standard InChI is InChI=1S/C13H20N8O5/c14-1-2-16-13(24)20-25-3-6-8(22)9(23)12(26-6)21-5-19-7-10(15)17-4-18-11(7)21/h4-6,8-9,12,22-23H,1-3,14H2,(H2,15,17,18)(H2,16,20,24)/t6-,8-,9-,12-/m1/s1. The molecule has 142 valence electrons. The first kappa shape index (κ1) is 18.2. The van der Waals surface area contributed by atoms with Crippen molar-refractivity contribution >= 4 is 23.0 Å². The molecule has 1 aliphatic heterocycles. The van der Waals surface area contributed by atoms with Crippen LogP contribution in [0.3, 0.4) is 0 Å². The van der Waals surface area contributed by atoms with Crippen LogP contribution >= 0.6 is 0 Å². The highest BCUT2D eigenvalue weighted by molar-refractivity contribution is 5.81. The lowest BCUT2D eigenvalue weighted by molar-refractivity contribution is -0.0786. The number of anilines is 1. The van der Waals surface area contributed by atoms with E-state index in [1.54, 1.807) is 0 Å². The van der Waals surface area contributed by atoms with E-state index in [2.05, 4.69) is 25.7 Å². The van der Waals surface area contributed by atoms with Crippen molar-refractivity contribution in [1.82, 2.24) is 30.3 Å². The second-order valence-corrected chi connectivity index (χ2v) is 5.59. The van der Waals surface area contributed by atoms with Crippen molar-refractivity contribution in [2.75, 3.05) is 25.4 Å². The number of ether oxygens (including phenoxy) is 1. The van der Waals surface area contributed by atoms with Crippen molar-refractivity contribution in [3.05, 3.63) is 12.7 Å². The molecular formula is C13H20N8O5. The van der Waals surface area contributed by atoms with E-state index in [0.717, 1.165) is 0 Å². The lowest BCUT2D eigenvalue weighted by atomic mass is 10.1. The maximum Gasteiger partial charge on any atom is 0.338 e. The van der Waals surface area contributed by atoms with Gasteiger partial charge in [-0.15, -0.1) is 0 Å². The molecule has 0 bridgehead atoms. The molecule has 0 unspecified atom stereocenters. The minimum Gasteiger partial charge on any atom is -0.387 e. The van der Waals surface area contributed by atoms with Crippen LogP contribution in [0.25, 0.3) is 11.2 Å². The van der Waals surface area contributed by atoms with E-state index in [0.29, 0.717) is 17.7 Å². The average Bonchev–Trinajstić information content (AvgIpc) is 3.17. The Balaban J connectivity index is 1.64. The smallest absolute Gasteiger partial charge is 0.338 e. The van der Waals surface area contributed by atoms with E-state index < -0.39 is 30.6 Å². The lowest BCUT2D eigenvalue weighted by Gasteiger charge is -2.16. The molecule has 0 aromatic carbocycles. The highest BCUT2D eigenvalue weighted by Crippen LogP contribution is 2.31. The van der Waals surface area contributed by atoms with Gasteiger partial charge in [0.15, 0.2) is 17.7 Å². The predicted molar refractivity (Wildman–Crippen MR) is 87.2 cm³/mol. The number of hydrogen-bond acceptors (Lipinski definition) is 10. The van der Waals surface area contributed by atoms with E-state index in [9.17, 15) is 15.0 Å². The van der Waals surface area contributed by atoms with E-state index in [-0.39, 0.29) is 19.0 Å². The molecule has 3 heterocycles. The number of aliphatic hydroxyl groups is 2. The van der Waals surface area contributed by atoms with Gasteiger partial charge in [-0.1, -0.05) is 0 Å². The van der Waals surface area contributed by atoms with Gasteiger partial charge in [0.1, 0.15) is 36.8 Å². The third-order valence-electron chi connectivity index (χ3n) is 3.84. The second kappa shape index (κ2) is 7.76. The molecule has 2 aromatic rings. The summed E-state index contributed by atoms with van der Waals surface area (Å²) in [6.45, 7) is 0.393. The summed E-state index contributed by atoms with van der Waals surface area (Å²) in [6, 6.07) is -0.576. The van der Waals surface area contributed by atoms with Crippen molar-refractivity contribution < 1.29 is 24.6 Å². The van der Waals surface area contributed by atoms with Crippen LogP contribution in [-0.2, 0) is 9.57 Å². The van der Waals surface area contributed by atoms with E-state index in [4.69, 9.17) is 21.0 Å². The highest BCUT2D eigenvalue weighted by Gasteiger charge is 2.44. The largest absolute Gasteiger partial charge is 0.387 e. The molecule has 2 aromatic heterocycles. The predicted octanol–water partition coefficient (Wildman–Crippen LogP) is -2.78. The van der Waals surface area contributed by atoms with Gasteiger partial charge in [-0.05, 0) is 0 Å². The molecule has 13 nitrogen and oxygen atoms in total. The molecule has 2 amide bonds. The number of hydroxylamine groups is 1. The number of nitrogens with one attached hydrogen (secondary N) is 2. The molecule has 0 aliphatic carbocycles. The number of aliphatic hydroxyl groups excluding tert-OH is 2. The van der Waals surface area contributed by atoms with Gasteiger partial charge in [0, 0.05) is 13.1 Å². The summed E-state index contributed by atoms with van der Waals surface area (Å²) in [6.07, 6.45) is -1.70. The van der Waals surface area contributed by atoms with Gasteiger partial charge in [0.25, 0.3) is 0 Å². The number of rotatable bonds is 6. The first-order valence-corrected chi connectivity index (χ1v) is 7.83. The molecular weight excluding hydrogens is 348 g/mol. The Hall–Kier alpha value is -2.58. The molecule has 3 rings (SSSR count). The molecule has 1 saturated heterocycles. The third-order valence-corrected chi connectivity index (χ3v) is 3.84. The monoisotopic (exact) mass is 368 g/mol. The maximum atomic E-state index is 11.4. The molecule has 1 fully saturated rings. The second-order valence-electron chi connectivity index (χ2n) is 5.59. The number of carbonyl (C=O) groups excluding carboxylic acids is 1. The van der Waals surface area contributed by atoms with Gasteiger partial charge in [0.2, 0.25) is 0 Å². The first-order chi connectivity index (χ1) is 12.5. The molecule has 13 heteroatoms. The van der Waals surface area contributed by atoms with E-state index in [1.165, 1.54) is 17.2 Å². The zero-order chi connectivity index (χ0) is 18.7. The average molecular weight is 368 g/mol. The van der Waals surface area contributed by atoms with Crippen LogP contribution in [0.1, 0.15) is 6.23 Å². The molecule has 8 N–H and O–H groups in total. The molecule has 0 spiro atoms.